The Balaban J connectivity index is 1.84. The van der Waals surface area contributed by atoms with Crippen LogP contribution in [0.5, 0.6) is 0 Å². The maximum atomic E-state index is 11.3. The minimum atomic E-state index is 0.187. The standard InChI is InChI=1S/C12H24N2O/c1-10(13)4-2-6-12(15)14-9-3-5-11-7-8-11/h10-11H,2-9,13H2,1H3,(H,14,15). The van der Waals surface area contributed by atoms with Crippen LogP contribution in [-0.4, -0.2) is 18.5 Å². The molecule has 3 heteroatoms. The Bertz CT molecular complexity index is 188. The fourth-order valence-corrected chi connectivity index (χ4v) is 1.70. The van der Waals surface area contributed by atoms with Gasteiger partial charge in [0, 0.05) is 19.0 Å². The highest BCUT2D eigenvalue weighted by molar-refractivity contribution is 5.75. The number of nitrogens with two attached hydrogens (primary N) is 1. The summed E-state index contributed by atoms with van der Waals surface area (Å²) >= 11 is 0. The molecule has 0 spiro atoms. The van der Waals surface area contributed by atoms with Crippen LogP contribution in [0, 0.1) is 5.92 Å². The zero-order chi connectivity index (χ0) is 11.1. The lowest BCUT2D eigenvalue weighted by atomic mass is 10.1. The number of amides is 1. The number of hydrogen-bond donors (Lipinski definition) is 2. The molecule has 0 heterocycles. The quantitative estimate of drug-likeness (QED) is 0.603. The van der Waals surface area contributed by atoms with Crippen LogP contribution in [-0.2, 0) is 4.79 Å². The predicted molar refractivity (Wildman–Crippen MR) is 62.5 cm³/mol. The average Bonchev–Trinajstić information content (AvgIpc) is 2.95. The van der Waals surface area contributed by atoms with E-state index in [0.717, 1.165) is 31.7 Å². The van der Waals surface area contributed by atoms with Crippen LogP contribution >= 0.6 is 0 Å². The van der Waals surface area contributed by atoms with Gasteiger partial charge in [0.1, 0.15) is 0 Å². The SMILES string of the molecule is CC(N)CCCC(=O)NCCCC1CC1. The monoisotopic (exact) mass is 212 g/mol. The summed E-state index contributed by atoms with van der Waals surface area (Å²) in [6.07, 6.45) is 7.72. The Labute approximate surface area is 92.8 Å². The summed E-state index contributed by atoms with van der Waals surface area (Å²) in [6.45, 7) is 2.83. The van der Waals surface area contributed by atoms with Gasteiger partial charge in [0.2, 0.25) is 5.91 Å². The van der Waals surface area contributed by atoms with Gasteiger partial charge in [-0.25, -0.2) is 0 Å². The van der Waals surface area contributed by atoms with Gasteiger partial charge in [-0.2, -0.15) is 0 Å². The highest BCUT2D eigenvalue weighted by Gasteiger charge is 2.19. The summed E-state index contributed by atoms with van der Waals surface area (Å²) in [4.78, 5) is 11.3. The zero-order valence-corrected chi connectivity index (χ0v) is 9.80. The molecule has 1 unspecified atom stereocenters. The van der Waals surface area contributed by atoms with E-state index < -0.39 is 0 Å². The van der Waals surface area contributed by atoms with Crippen molar-refractivity contribution < 1.29 is 4.79 Å². The van der Waals surface area contributed by atoms with Gasteiger partial charge in [0.25, 0.3) is 0 Å². The first-order chi connectivity index (χ1) is 7.18. The van der Waals surface area contributed by atoms with Crippen LogP contribution in [0.3, 0.4) is 0 Å². The molecule has 15 heavy (non-hydrogen) atoms. The molecule has 0 bridgehead atoms. The molecule has 0 aliphatic heterocycles. The first kappa shape index (κ1) is 12.5. The molecule has 0 radical (unpaired) electrons. The Kier molecular flexibility index (Phi) is 5.69. The van der Waals surface area contributed by atoms with Gasteiger partial charge < -0.3 is 11.1 Å². The smallest absolute Gasteiger partial charge is 0.219 e. The summed E-state index contributed by atoms with van der Waals surface area (Å²) in [7, 11) is 0. The van der Waals surface area contributed by atoms with Gasteiger partial charge in [-0.15, -0.1) is 0 Å². The third-order valence-electron chi connectivity index (χ3n) is 2.87. The minimum absolute atomic E-state index is 0.187. The first-order valence-corrected chi connectivity index (χ1v) is 6.20. The van der Waals surface area contributed by atoms with E-state index in [1.807, 2.05) is 6.92 Å². The van der Waals surface area contributed by atoms with Gasteiger partial charge in [-0.1, -0.05) is 12.8 Å². The third-order valence-corrected chi connectivity index (χ3v) is 2.87. The summed E-state index contributed by atoms with van der Waals surface area (Å²) in [5.41, 5.74) is 5.61. The fraction of sp³-hybridized carbons (Fsp3) is 0.917. The molecular weight excluding hydrogens is 188 g/mol. The van der Waals surface area contributed by atoms with Crippen LogP contribution in [0.4, 0.5) is 0 Å². The van der Waals surface area contributed by atoms with Gasteiger partial charge >= 0.3 is 0 Å². The maximum Gasteiger partial charge on any atom is 0.219 e. The van der Waals surface area contributed by atoms with Crippen molar-refractivity contribution in [2.24, 2.45) is 11.7 Å². The van der Waals surface area contributed by atoms with E-state index in [-0.39, 0.29) is 11.9 Å². The molecule has 1 aliphatic carbocycles. The predicted octanol–water partition coefficient (Wildman–Crippen LogP) is 1.81. The molecule has 0 aromatic heterocycles. The van der Waals surface area contributed by atoms with E-state index in [4.69, 9.17) is 5.73 Å². The fourth-order valence-electron chi connectivity index (χ4n) is 1.70. The molecule has 0 aromatic carbocycles. The average molecular weight is 212 g/mol. The number of carbonyl (C=O) groups is 1. The summed E-state index contributed by atoms with van der Waals surface area (Å²) in [5, 5.41) is 2.96. The molecule has 0 saturated heterocycles. The molecular formula is C12H24N2O. The molecule has 1 aliphatic rings. The lowest BCUT2D eigenvalue weighted by Gasteiger charge is -2.06. The summed E-state index contributed by atoms with van der Waals surface area (Å²) in [5.74, 6) is 1.16. The molecule has 0 aromatic rings. The van der Waals surface area contributed by atoms with Crippen molar-refractivity contribution in [3.05, 3.63) is 0 Å². The molecule has 3 nitrogen and oxygen atoms in total. The van der Waals surface area contributed by atoms with Gasteiger partial charge in [0.05, 0.1) is 0 Å². The lowest BCUT2D eigenvalue weighted by Crippen LogP contribution is -2.25. The van der Waals surface area contributed by atoms with Crippen molar-refractivity contribution >= 4 is 5.91 Å². The Hall–Kier alpha value is -0.570. The second-order valence-electron chi connectivity index (χ2n) is 4.81. The lowest BCUT2D eigenvalue weighted by molar-refractivity contribution is -0.121. The summed E-state index contributed by atoms with van der Waals surface area (Å²) < 4.78 is 0. The highest BCUT2D eigenvalue weighted by atomic mass is 16.1. The summed E-state index contributed by atoms with van der Waals surface area (Å²) in [6, 6.07) is 0.215. The van der Waals surface area contributed by atoms with Crippen molar-refractivity contribution in [3.8, 4) is 0 Å². The van der Waals surface area contributed by atoms with Gasteiger partial charge in [-0.3, -0.25) is 4.79 Å². The van der Waals surface area contributed by atoms with E-state index in [1.165, 1.54) is 19.3 Å². The van der Waals surface area contributed by atoms with E-state index >= 15 is 0 Å². The van der Waals surface area contributed by atoms with Gasteiger partial charge in [-0.05, 0) is 38.5 Å². The van der Waals surface area contributed by atoms with E-state index in [2.05, 4.69) is 5.32 Å². The molecule has 1 saturated carbocycles. The van der Waals surface area contributed by atoms with Crippen LogP contribution < -0.4 is 11.1 Å². The van der Waals surface area contributed by atoms with Crippen molar-refractivity contribution in [3.63, 3.8) is 0 Å². The number of carbonyl (C=O) groups excluding carboxylic acids is 1. The topological polar surface area (TPSA) is 55.1 Å². The Morgan fingerprint density at radius 2 is 2.20 bits per heavy atom. The molecule has 3 N–H and O–H groups in total. The molecule has 1 atom stereocenters. The largest absolute Gasteiger partial charge is 0.356 e. The van der Waals surface area contributed by atoms with Crippen molar-refractivity contribution in [1.29, 1.82) is 0 Å². The number of rotatable bonds is 8. The first-order valence-electron chi connectivity index (χ1n) is 6.20. The van der Waals surface area contributed by atoms with Crippen LogP contribution in [0.2, 0.25) is 0 Å². The molecule has 1 amide bonds. The zero-order valence-electron chi connectivity index (χ0n) is 9.80. The second-order valence-corrected chi connectivity index (χ2v) is 4.81. The molecule has 1 fully saturated rings. The van der Waals surface area contributed by atoms with Crippen LogP contribution in [0.15, 0.2) is 0 Å². The second kappa shape index (κ2) is 6.83. The maximum absolute atomic E-state index is 11.3. The number of hydrogen-bond acceptors (Lipinski definition) is 2. The van der Waals surface area contributed by atoms with Crippen LogP contribution in [0.25, 0.3) is 0 Å². The van der Waals surface area contributed by atoms with Crippen LogP contribution in [0.1, 0.15) is 51.9 Å². The van der Waals surface area contributed by atoms with E-state index in [9.17, 15) is 4.79 Å². The van der Waals surface area contributed by atoms with Crippen molar-refractivity contribution in [2.75, 3.05) is 6.54 Å². The van der Waals surface area contributed by atoms with Crippen molar-refractivity contribution in [2.45, 2.75) is 57.9 Å². The van der Waals surface area contributed by atoms with Gasteiger partial charge in [0.15, 0.2) is 0 Å². The van der Waals surface area contributed by atoms with E-state index in [1.54, 1.807) is 0 Å². The van der Waals surface area contributed by atoms with E-state index in [0.29, 0.717) is 6.42 Å². The Morgan fingerprint density at radius 3 is 2.80 bits per heavy atom. The molecule has 1 rings (SSSR count). The van der Waals surface area contributed by atoms with Crippen molar-refractivity contribution in [1.82, 2.24) is 5.32 Å². The molecule has 88 valence electrons. The highest BCUT2D eigenvalue weighted by Crippen LogP contribution is 2.33. The normalized spacial score (nSPS) is 17.5. The minimum Gasteiger partial charge on any atom is -0.356 e. The third kappa shape index (κ3) is 7.37. The Morgan fingerprint density at radius 1 is 1.47 bits per heavy atom. The number of nitrogens with one attached hydrogen (secondary N) is 1.